The molecule has 4 rings (SSSR count). The first-order valence-corrected chi connectivity index (χ1v) is 9.95. The number of ether oxygens (including phenoxy) is 1. The maximum absolute atomic E-state index is 5.51. The van der Waals surface area contributed by atoms with Crippen molar-refractivity contribution >= 4 is 0 Å². The Balaban J connectivity index is 1.38. The van der Waals surface area contributed by atoms with Crippen molar-refractivity contribution in [1.82, 2.24) is 15.3 Å². The normalized spacial score (nSPS) is 18.7. The van der Waals surface area contributed by atoms with Crippen molar-refractivity contribution in [3.63, 3.8) is 0 Å². The van der Waals surface area contributed by atoms with Gasteiger partial charge >= 0.3 is 0 Å². The molecule has 1 N–H and O–H groups in total. The average molecular weight is 351 g/mol. The van der Waals surface area contributed by atoms with E-state index in [4.69, 9.17) is 14.7 Å². The summed E-state index contributed by atoms with van der Waals surface area (Å²) < 4.78 is 5.51. The number of rotatable bonds is 5. The van der Waals surface area contributed by atoms with Crippen molar-refractivity contribution in [3.05, 3.63) is 58.2 Å². The molecule has 0 aliphatic carbocycles. The largest absolute Gasteiger partial charge is 0.376 e. The van der Waals surface area contributed by atoms with Crippen LogP contribution in [0.1, 0.15) is 72.3 Å². The Morgan fingerprint density at radius 2 is 1.88 bits per heavy atom. The maximum atomic E-state index is 5.51. The molecule has 0 aromatic carbocycles. The molecule has 2 aliphatic rings. The summed E-state index contributed by atoms with van der Waals surface area (Å²) in [6.07, 6.45) is 6.43. The number of hydrogen-bond donors (Lipinski definition) is 1. The molecule has 0 fully saturated rings. The molecule has 2 aliphatic heterocycles. The zero-order chi connectivity index (χ0) is 17.9. The first-order valence-electron chi connectivity index (χ1n) is 9.95. The lowest BCUT2D eigenvalue weighted by molar-refractivity contribution is 0.109. The Bertz CT molecular complexity index is 708. The molecule has 0 saturated heterocycles. The average Bonchev–Trinajstić information content (AvgIpc) is 2.71. The first kappa shape index (κ1) is 17.6. The number of fused-ring (bicyclic) bond motifs is 2. The fourth-order valence-electron chi connectivity index (χ4n) is 3.97. The Labute approximate surface area is 156 Å². The molecule has 26 heavy (non-hydrogen) atoms. The van der Waals surface area contributed by atoms with Crippen LogP contribution >= 0.6 is 0 Å². The molecule has 4 nitrogen and oxygen atoms in total. The van der Waals surface area contributed by atoms with Crippen LogP contribution in [0.25, 0.3) is 0 Å². The SMILES string of the molecule is CC(CCC(C)c1ccc2c(n1)CCOC2)c1cc2c(cn1)CNCC2. The van der Waals surface area contributed by atoms with Gasteiger partial charge in [0.05, 0.1) is 13.2 Å². The molecule has 0 spiro atoms. The van der Waals surface area contributed by atoms with Crippen molar-refractivity contribution in [2.45, 2.75) is 64.5 Å². The number of aromatic nitrogens is 2. The van der Waals surface area contributed by atoms with Crippen LogP contribution in [0.5, 0.6) is 0 Å². The quantitative estimate of drug-likeness (QED) is 0.888. The Kier molecular flexibility index (Phi) is 5.32. The van der Waals surface area contributed by atoms with Crippen LogP contribution in [0.3, 0.4) is 0 Å². The maximum Gasteiger partial charge on any atom is 0.0734 e. The molecular weight excluding hydrogens is 322 g/mol. The Hall–Kier alpha value is -1.78. The zero-order valence-corrected chi connectivity index (χ0v) is 15.9. The zero-order valence-electron chi connectivity index (χ0n) is 15.9. The smallest absolute Gasteiger partial charge is 0.0734 e. The number of pyridine rings is 2. The van der Waals surface area contributed by atoms with E-state index in [0.29, 0.717) is 18.4 Å². The van der Waals surface area contributed by atoms with Crippen LogP contribution in [0.15, 0.2) is 24.4 Å². The van der Waals surface area contributed by atoms with Gasteiger partial charge in [0.1, 0.15) is 0 Å². The number of nitrogens with zero attached hydrogens (tertiary/aromatic N) is 2. The third kappa shape index (κ3) is 3.81. The van der Waals surface area contributed by atoms with E-state index >= 15 is 0 Å². The second-order valence-corrected chi connectivity index (χ2v) is 7.83. The summed E-state index contributed by atoms with van der Waals surface area (Å²) in [6, 6.07) is 6.73. The van der Waals surface area contributed by atoms with E-state index in [1.165, 1.54) is 33.8 Å². The number of nitrogens with one attached hydrogen (secondary N) is 1. The van der Waals surface area contributed by atoms with Crippen LogP contribution in [-0.4, -0.2) is 23.1 Å². The van der Waals surface area contributed by atoms with Gasteiger partial charge in [-0.15, -0.1) is 0 Å². The topological polar surface area (TPSA) is 47.0 Å². The van der Waals surface area contributed by atoms with Gasteiger partial charge in [0.25, 0.3) is 0 Å². The molecule has 0 radical (unpaired) electrons. The molecule has 2 unspecified atom stereocenters. The summed E-state index contributed by atoms with van der Waals surface area (Å²) in [5, 5.41) is 3.41. The first-order chi connectivity index (χ1) is 12.7. The van der Waals surface area contributed by atoms with Gasteiger partial charge in [-0.2, -0.15) is 0 Å². The van der Waals surface area contributed by atoms with E-state index in [9.17, 15) is 0 Å². The minimum atomic E-state index is 0.479. The minimum Gasteiger partial charge on any atom is -0.376 e. The summed E-state index contributed by atoms with van der Waals surface area (Å²) in [5.74, 6) is 0.969. The van der Waals surface area contributed by atoms with Gasteiger partial charge in [0.15, 0.2) is 0 Å². The van der Waals surface area contributed by atoms with Gasteiger partial charge in [-0.3, -0.25) is 9.97 Å². The Morgan fingerprint density at radius 3 is 2.77 bits per heavy atom. The van der Waals surface area contributed by atoms with Crippen LogP contribution in [0.4, 0.5) is 0 Å². The molecule has 4 heteroatoms. The highest BCUT2D eigenvalue weighted by Gasteiger charge is 2.17. The van der Waals surface area contributed by atoms with Gasteiger partial charge in [-0.1, -0.05) is 19.9 Å². The predicted molar refractivity (Wildman–Crippen MR) is 103 cm³/mol. The van der Waals surface area contributed by atoms with E-state index in [2.05, 4.69) is 43.6 Å². The summed E-state index contributed by atoms with van der Waals surface area (Å²) in [7, 11) is 0. The van der Waals surface area contributed by atoms with Gasteiger partial charge < -0.3 is 10.1 Å². The highest BCUT2D eigenvalue weighted by atomic mass is 16.5. The molecule has 2 aromatic heterocycles. The molecule has 0 amide bonds. The monoisotopic (exact) mass is 351 g/mol. The lowest BCUT2D eigenvalue weighted by Crippen LogP contribution is -2.24. The van der Waals surface area contributed by atoms with Crippen LogP contribution in [-0.2, 0) is 30.7 Å². The molecular formula is C22H29N3O. The van der Waals surface area contributed by atoms with E-state index in [-0.39, 0.29) is 0 Å². The number of hydrogen-bond acceptors (Lipinski definition) is 4. The van der Waals surface area contributed by atoms with Gasteiger partial charge in [-0.25, -0.2) is 0 Å². The van der Waals surface area contributed by atoms with Crippen molar-refractivity contribution in [1.29, 1.82) is 0 Å². The standard InChI is InChI=1S/C22H29N3O/c1-15(20-6-5-18-14-26-10-8-21(18)25-20)3-4-16(2)22-11-17-7-9-23-12-19(17)13-24-22/h5-6,11,13,15-16,23H,3-4,7-10,12,14H2,1-2H3. The van der Waals surface area contributed by atoms with Crippen LogP contribution in [0, 0.1) is 0 Å². The van der Waals surface area contributed by atoms with Crippen molar-refractivity contribution in [2.24, 2.45) is 0 Å². The lowest BCUT2D eigenvalue weighted by atomic mass is 9.91. The summed E-state index contributed by atoms with van der Waals surface area (Å²) in [5.41, 5.74) is 7.80. The van der Waals surface area contributed by atoms with Gasteiger partial charge in [0, 0.05) is 36.2 Å². The molecule has 2 aromatic rings. The van der Waals surface area contributed by atoms with E-state index in [0.717, 1.165) is 45.4 Å². The summed E-state index contributed by atoms with van der Waals surface area (Å²) in [4.78, 5) is 9.65. The van der Waals surface area contributed by atoms with Gasteiger partial charge in [0.2, 0.25) is 0 Å². The lowest BCUT2D eigenvalue weighted by Gasteiger charge is -2.21. The predicted octanol–water partition coefficient (Wildman–Crippen LogP) is 3.88. The molecule has 0 bridgehead atoms. The fraction of sp³-hybridized carbons (Fsp3) is 0.545. The van der Waals surface area contributed by atoms with Gasteiger partial charge in [-0.05, 0) is 66.5 Å². The highest BCUT2D eigenvalue weighted by molar-refractivity contribution is 5.30. The third-order valence-electron chi connectivity index (χ3n) is 5.86. The second kappa shape index (κ2) is 7.85. The van der Waals surface area contributed by atoms with Crippen molar-refractivity contribution in [2.75, 3.05) is 13.2 Å². The van der Waals surface area contributed by atoms with E-state index in [1.54, 1.807) is 0 Å². The third-order valence-corrected chi connectivity index (χ3v) is 5.86. The van der Waals surface area contributed by atoms with E-state index < -0.39 is 0 Å². The summed E-state index contributed by atoms with van der Waals surface area (Å²) >= 11 is 0. The minimum absolute atomic E-state index is 0.479. The molecule has 4 heterocycles. The summed E-state index contributed by atoms with van der Waals surface area (Å²) in [6.45, 7) is 8.16. The molecule has 2 atom stereocenters. The fourth-order valence-corrected chi connectivity index (χ4v) is 3.97. The molecule has 0 saturated carbocycles. The second-order valence-electron chi connectivity index (χ2n) is 7.83. The highest BCUT2D eigenvalue weighted by Crippen LogP contribution is 2.28. The van der Waals surface area contributed by atoms with Crippen LogP contribution in [0.2, 0.25) is 0 Å². The van der Waals surface area contributed by atoms with E-state index in [1.807, 2.05) is 0 Å². The van der Waals surface area contributed by atoms with Crippen molar-refractivity contribution < 1.29 is 4.74 Å². The molecule has 138 valence electrons. The van der Waals surface area contributed by atoms with Crippen molar-refractivity contribution in [3.8, 4) is 0 Å². The Morgan fingerprint density at radius 1 is 1.04 bits per heavy atom. The van der Waals surface area contributed by atoms with Crippen LogP contribution < -0.4 is 5.32 Å².